The number of halogens is 2. The van der Waals surface area contributed by atoms with Gasteiger partial charge in [-0.2, -0.15) is 5.10 Å². The van der Waals surface area contributed by atoms with E-state index in [1.165, 1.54) is 0 Å². The molecule has 1 aromatic heterocycles. The molecule has 2 aliphatic heterocycles. The number of carbonyl (C=O) groups excluding carboxylic acids is 3. The molecule has 176 valence electrons. The summed E-state index contributed by atoms with van der Waals surface area (Å²) in [5, 5.41) is 5.61. The van der Waals surface area contributed by atoms with Crippen LogP contribution in [0.5, 0.6) is 0 Å². The van der Waals surface area contributed by atoms with Crippen molar-refractivity contribution >= 4 is 40.9 Å². The largest absolute Gasteiger partial charge is 0.339 e. The van der Waals surface area contributed by atoms with Gasteiger partial charge in [-0.05, 0) is 44.9 Å². The molecule has 8 nitrogen and oxygen atoms in total. The SMILES string of the molecule is Cc1nn(-c2ccc(Cl)cc2Cl)c(C)c1CC(=O)N1CCN(C(=O)C(=O)N2CCCC2)CC1. The van der Waals surface area contributed by atoms with E-state index in [2.05, 4.69) is 5.10 Å². The van der Waals surface area contributed by atoms with E-state index in [9.17, 15) is 14.4 Å². The molecular formula is C23H27Cl2N5O3. The molecule has 0 bridgehead atoms. The highest BCUT2D eigenvalue weighted by atomic mass is 35.5. The predicted molar refractivity (Wildman–Crippen MR) is 126 cm³/mol. The molecule has 0 N–H and O–H groups in total. The lowest BCUT2D eigenvalue weighted by atomic mass is 10.1. The molecule has 2 saturated heterocycles. The first-order chi connectivity index (χ1) is 15.8. The van der Waals surface area contributed by atoms with Gasteiger partial charge >= 0.3 is 11.8 Å². The van der Waals surface area contributed by atoms with Crippen molar-refractivity contribution in [1.82, 2.24) is 24.5 Å². The molecular weight excluding hydrogens is 465 g/mol. The molecule has 2 aliphatic rings. The van der Waals surface area contributed by atoms with Gasteiger partial charge in [0.1, 0.15) is 0 Å². The van der Waals surface area contributed by atoms with Crippen LogP contribution in [0.3, 0.4) is 0 Å². The van der Waals surface area contributed by atoms with E-state index in [-0.39, 0.29) is 12.3 Å². The van der Waals surface area contributed by atoms with Gasteiger partial charge in [0, 0.05) is 55.5 Å². The Morgan fingerprint density at radius 3 is 2.06 bits per heavy atom. The number of aromatic nitrogens is 2. The normalized spacial score (nSPS) is 16.4. The van der Waals surface area contributed by atoms with E-state index in [1.807, 2.05) is 13.8 Å². The van der Waals surface area contributed by atoms with Crippen LogP contribution in [0.4, 0.5) is 0 Å². The van der Waals surface area contributed by atoms with Gasteiger partial charge in [-0.3, -0.25) is 14.4 Å². The van der Waals surface area contributed by atoms with Crippen molar-refractivity contribution in [2.45, 2.75) is 33.1 Å². The minimum absolute atomic E-state index is 0.0269. The van der Waals surface area contributed by atoms with Gasteiger partial charge in [-0.1, -0.05) is 23.2 Å². The lowest BCUT2D eigenvalue weighted by molar-refractivity contribution is -0.153. The number of benzene rings is 1. The first kappa shape index (κ1) is 23.6. The second-order valence-electron chi connectivity index (χ2n) is 8.51. The number of nitrogens with zero attached hydrogens (tertiary/aromatic N) is 5. The standard InChI is InChI=1S/C23H27Cl2N5O3/c1-15-18(16(2)30(26-15)20-6-5-17(24)13-19(20)25)14-21(31)27-9-11-29(12-10-27)23(33)22(32)28-7-3-4-8-28/h5-6,13H,3-4,7-12,14H2,1-2H3. The topological polar surface area (TPSA) is 78.8 Å². The Morgan fingerprint density at radius 1 is 0.879 bits per heavy atom. The Bertz CT molecular complexity index is 1090. The third-order valence-electron chi connectivity index (χ3n) is 6.40. The zero-order valence-electron chi connectivity index (χ0n) is 18.8. The van der Waals surface area contributed by atoms with Crippen molar-refractivity contribution in [3.8, 4) is 5.69 Å². The number of rotatable bonds is 3. The van der Waals surface area contributed by atoms with E-state index in [1.54, 1.807) is 37.6 Å². The number of hydrogen-bond donors (Lipinski definition) is 0. The van der Waals surface area contributed by atoms with Crippen LogP contribution >= 0.6 is 23.2 Å². The first-order valence-electron chi connectivity index (χ1n) is 11.1. The van der Waals surface area contributed by atoms with Crippen molar-refractivity contribution < 1.29 is 14.4 Å². The quantitative estimate of drug-likeness (QED) is 0.618. The van der Waals surface area contributed by atoms with Gasteiger partial charge in [0.25, 0.3) is 0 Å². The van der Waals surface area contributed by atoms with Crippen LogP contribution in [-0.4, -0.2) is 81.5 Å². The maximum atomic E-state index is 13.0. The summed E-state index contributed by atoms with van der Waals surface area (Å²) in [5.41, 5.74) is 3.16. The molecule has 0 atom stereocenters. The molecule has 1 aromatic carbocycles. The fourth-order valence-corrected chi connectivity index (χ4v) is 4.92. The molecule has 0 unspecified atom stereocenters. The van der Waals surface area contributed by atoms with Gasteiger partial charge < -0.3 is 14.7 Å². The van der Waals surface area contributed by atoms with Crippen molar-refractivity contribution in [1.29, 1.82) is 0 Å². The minimum Gasteiger partial charge on any atom is -0.339 e. The van der Waals surface area contributed by atoms with Gasteiger partial charge in [0.15, 0.2) is 0 Å². The van der Waals surface area contributed by atoms with E-state index in [0.29, 0.717) is 55.0 Å². The van der Waals surface area contributed by atoms with E-state index in [4.69, 9.17) is 23.2 Å². The summed E-state index contributed by atoms with van der Waals surface area (Å²) >= 11 is 12.4. The maximum absolute atomic E-state index is 13.0. The van der Waals surface area contributed by atoms with Gasteiger partial charge in [-0.25, -0.2) is 4.68 Å². The van der Waals surface area contributed by atoms with Crippen molar-refractivity contribution in [2.75, 3.05) is 39.3 Å². The van der Waals surface area contributed by atoms with Crippen LogP contribution < -0.4 is 0 Å². The number of likely N-dealkylation sites (tertiary alicyclic amines) is 1. The average molecular weight is 492 g/mol. The highest BCUT2D eigenvalue weighted by molar-refractivity contribution is 6.36. The molecule has 33 heavy (non-hydrogen) atoms. The molecule has 0 radical (unpaired) electrons. The summed E-state index contributed by atoms with van der Waals surface area (Å²) in [6, 6.07) is 5.21. The molecule has 4 rings (SSSR count). The highest BCUT2D eigenvalue weighted by Gasteiger charge is 2.32. The van der Waals surface area contributed by atoms with Crippen molar-refractivity contribution in [3.05, 3.63) is 45.2 Å². The molecule has 10 heteroatoms. The third kappa shape index (κ3) is 4.87. The van der Waals surface area contributed by atoms with Crippen molar-refractivity contribution in [2.24, 2.45) is 0 Å². The summed E-state index contributed by atoms with van der Waals surface area (Å²) < 4.78 is 1.73. The smallest absolute Gasteiger partial charge is 0.312 e. The van der Waals surface area contributed by atoms with Crippen molar-refractivity contribution in [3.63, 3.8) is 0 Å². The first-order valence-corrected chi connectivity index (χ1v) is 11.9. The maximum Gasteiger partial charge on any atom is 0.312 e. The highest BCUT2D eigenvalue weighted by Crippen LogP contribution is 2.27. The number of aryl methyl sites for hydroxylation is 1. The van der Waals surface area contributed by atoms with Gasteiger partial charge in [-0.15, -0.1) is 0 Å². The zero-order valence-corrected chi connectivity index (χ0v) is 20.3. The summed E-state index contributed by atoms with van der Waals surface area (Å²) in [4.78, 5) is 42.8. The Labute approximate surface area is 203 Å². The van der Waals surface area contributed by atoms with Crippen LogP contribution in [0.2, 0.25) is 10.0 Å². The Kier molecular flexibility index (Phi) is 6.95. The lowest BCUT2D eigenvalue weighted by Crippen LogP contribution is -2.54. The van der Waals surface area contributed by atoms with E-state index in [0.717, 1.165) is 29.8 Å². The second kappa shape index (κ2) is 9.73. The van der Waals surface area contributed by atoms with Crippen LogP contribution in [0.15, 0.2) is 18.2 Å². The molecule has 0 saturated carbocycles. The van der Waals surface area contributed by atoms with E-state index >= 15 is 0 Å². The zero-order chi connectivity index (χ0) is 23.7. The van der Waals surface area contributed by atoms with Crippen LogP contribution in [0.25, 0.3) is 5.69 Å². The van der Waals surface area contributed by atoms with Crippen LogP contribution in [0.1, 0.15) is 29.8 Å². The predicted octanol–water partition coefficient (Wildman–Crippen LogP) is 2.63. The van der Waals surface area contributed by atoms with Gasteiger partial charge in [0.2, 0.25) is 5.91 Å². The van der Waals surface area contributed by atoms with E-state index < -0.39 is 11.8 Å². The minimum atomic E-state index is -0.461. The summed E-state index contributed by atoms with van der Waals surface area (Å²) in [7, 11) is 0. The van der Waals surface area contributed by atoms with Crippen LogP contribution in [0, 0.1) is 13.8 Å². The molecule has 2 fully saturated rings. The Morgan fingerprint density at radius 2 is 1.45 bits per heavy atom. The van der Waals surface area contributed by atoms with Crippen LogP contribution in [-0.2, 0) is 20.8 Å². The summed E-state index contributed by atoms with van der Waals surface area (Å²) in [5.74, 6) is -0.912. The molecule has 0 spiro atoms. The molecule has 2 aromatic rings. The molecule has 3 heterocycles. The fourth-order valence-electron chi connectivity index (χ4n) is 4.43. The number of piperazine rings is 1. The summed E-state index contributed by atoms with van der Waals surface area (Å²) in [6.07, 6.45) is 2.10. The molecule has 0 aliphatic carbocycles. The molecule has 3 amide bonds. The monoisotopic (exact) mass is 491 g/mol. The number of amides is 3. The second-order valence-corrected chi connectivity index (χ2v) is 9.35. The number of carbonyl (C=O) groups is 3. The summed E-state index contributed by atoms with van der Waals surface area (Å²) in [6.45, 7) is 6.63. The lowest BCUT2D eigenvalue weighted by Gasteiger charge is -2.35. The average Bonchev–Trinajstić information content (AvgIpc) is 3.43. The third-order valence-corrected chi connectivity index (χ3v) is 6.94. The fraction of sp³-hybridized carbons (Fsp3) is 0.478. The van der Waals surface area contributed by atoms with Gasteiger partial charge in [0.05, 0.1) is 22.8 Å². The number of hydrogen-bond acceptors (Lipinski definition) is 4. The Balaban J connectivity index is 1.39. The Hall–Kier alpha value is -2.58.